The van der Waals surface area contributed by atoms with Crippen molar-refractivity contribution in [3.8, 4) is 0 Å². The Bertz CT molecular complexity index is 780. The second kappa shape index (κ2) is 10.9. The number of hydrogen-bond acceptors (Lipinski definition) is 3. The van der Waals surface area contributed by atoms with Crippen LogP contribution in [0.1, 0.15) is 31.4 Å². The fourth-order valence-corrected chi connectivity index (χ4v) is 3.80. The van der Waals surface area contributed by atoms with Crippen LogP contribution in [0.5, 0.6) is 0 Å². The van der Waals surface area contributed by atoms with Gasteiger partial charge in [-0.15, -0.1) is 0 Å². The maximum atomic E-state index is 12.7. The summed E-state index contributed by atoms with van der Waals surface area (Å²) in [6.07, 6.45) is 2.72. The van der Waals surface area contributed by atoms with Gasteiger partial charge < -0.3 is 5.32 Å². The molecule has 0 spiro atoms. The molecular formula is C25H33N3O. The van der Waals surface area contributed by atoms with E-state index >= 15 is 0 Å². The molecule has 0 aromatic heterocycles. The minimum Gasteiger partial charge on any atom is -0.349 e. The number of carbonyl (C=O) groups is 1. The molecule has 1 heterocycles. The third kappa shape index (κ3) is 6.84. The van der Waals surface area contributed by atoms with E-state index in [1.165, 1.54) is 5.56 Å². The monoisotopic (exact) mass is 391 g/mol. The van der Waals surface area contributed by atoms with E-state index in [-0.39, 0.29) is 11.9 Å². The van der Waals surface area contributed by atoms with E-state index in [9.17, 15) is 4.79 Å². The van der Waals surface area contributed by atoms with E-state index in [2.05, 4.69) is 52.4 Å². The molecule has 3 rings (SSSR count). The first-order chi connectivity index (χ1) is 14.1. The van der Waals surface area contributed by atoms with Gasteiger partial charge in [0.25, 0.3) is 0 Å². The maximum Gasteiger partial charge on any atom is 0.247 e. The lowest BCUT2D eigenvalue weighted by Crippen LogP contribution is -2.50. The zero-order valence-corrected chi connectivity index (χ0v) is 17.7. The summed E-state index contributed by atoms with van der Waals surface area (Å²) in [6, 6.07) is 20.8. The van der Waals surface area contributed by atoms with Gasteiger partial charge in [-0.25, -0.2) is 0 Å². The average molecular weight is 392 g/mol. The van der Waals surface area contributed by atoms with Crippen molar-refractivity contribution in [1.82, 2.24) is 15.1 Å². The van der Waals surface area contributed by atoms with Crippen LogP contribution in [0.4, 0.5) is 0 Å². The Labute approximate surface area is 175 Å². The normalized spacial score (nSPS) is 17.1. The highest BCUT2D eigenvalue weighted by molar-refractivity contribution is 5.97. The van der Waals surface area contributed by atoms with Crippen LogP contribution in [-0.4, -0.2) is 54.5 Å². The molecule has 4 nitrogen and oxygen atoms in total. The Kier molecular flexibility index (Phi) is 8.03. The van der Waals surface area contributed by atoms with Crippen LogP contribution in [-0.2, 0) is 11.3 Å². The number of nitrogens with one attached hydrogen (secondary N) is 1. The molecule has 1 saturated heterocycles. The molecule has 1 atom stereocenters. The molecule has 1 amide bonds. The highest BCUT2D eigenvalue weighted by Gasteiger charge is 2.20. The Hall–Kier alpha value is -2.43. The second-order valence-electron chi connectivity index (χ2n) is 7.87. The number of benzene rings is 2. The topological polar surface area (TPSA) is 35.6 Å². The van der Waals surface area contributed by atoms with Crippen molar-refractivity contribution in [2.45, 2.75) is 32.9 Å². The van der Waals surface area contributed by atoms with Crippen LogP contribution in [0.25, 0.3) is 6.08 Å². The predicted octanol–water partition coefficient (Wildman–Crippen LogP) is 3.80. The van der Waals surface area contributed by atoms with Gasteiger partial charge in [0.15, 0.2) is 0 Å². The highest BCUT2D eigenvalue weighted by atomic mass is 16.1. The van der Waals surface area contributed by atoms with E-state index in [4.69, 9.17) is 0 Å². The maximum absolute atomic E-state index is 12.7. The van der Waals surface area contributed by atoms with E-state index in [1.54, 1.807) is 0 Å². The van der Waals surface area contributed by atoms with Crippen LogP contribution < -0.4 is 5.32 Å². The van der Waals surface area contributed by atoms with Gasteiger partial charge >= 0.3 is 0 Å². The number of hydrogen-bond donors (Lipinski definition) is 1. The summed E-state index contributed by atoms with van der Waals surface area (Å²) in [6.45, 7) is 10.3. The Balaban J connectivity index is 1.44. The molecule has 0 saturated carbocycles. The summed E-state index contributed by atoms with van der Waals surface area (Å²) < 4.78 is 0. The molecule has 0 unspecified atom stereocenters. The number of rotatable bonds is 8. The number of piperazine rings is 1. The second-order valence-corrected chi connectivity index (χ2v) is 7.87. The third-order valence-corrected chi connectivity index (χ3v) is 5.44. The van der Waals surface area contributed by atoms with Crippen molar-refractivity contribution in [3.05, 3.63) is 77.4 Å². The van der Waals surface area contributed by atoms with Crippen molar-refractivity contribution in [1.29, 1.82) is 0 Å². The molecule has 29 heavy (non-hydrogen) atoms. The molecule has 2 aromatic carbocycles. The van der Waals surface area contributed by atoms with Crippen molar-refractivity contribution < 1.29 is 4.79 Å². The molecule has 4 heteroatoms. The number of nitrogens with zero attached hydrogens (tertiary/aromatic N) is 2. The summed E-state index contributed by atoms with van der Waals surface area (Å²) in [5.74, 6) is 0.0477. The van der Waals surface area contributed by atoms with Gasteiger partial charge in [0.1, 0.15) is 0 Å². The molecule has 0 bridgehead atoms. The van der Waals surface area contributed by atoms with Crippen molar-refractivity contribution in [2.75, 3.05) is 32.7 Å². The molecule has 1 fully saturated rings. The fraction of sp³-hybridized carbons (Fsp3) is 0.400. The summed E-state index contributed by atoms with van der Waals surface area (Å²) in [5, 5.41) is 3.19. The first kappa shape index (κ1) is 21.3. The van der Waals surface area contributed by atoms with Gasteiger partial charge in [-0.3, -0.25) is 14.6 Å². The standard InChI is InChI=1S/C25H33N3O/c1-3-24(18-22-10-6-4-7-11-22)25(29)26-21(2)19-27-14-16-28(17-15-27)20-23-12-8-5-9-13-23/h4-13,18,21H,3,14-17,19-20H2,1-2H3,(H,26,29)/b24-18+/t21-/m0/s1. The van der Waals surface area contributed by atoms with Gasteiger partial charge in [-0.1, -0.05) is 67.6 Å². The Morgan fingerprint density at radius 2 is 1.55 bits per heavy atom. The minimum atomic E-state index is 0.0477. The van der Waals surface area contributed by atoms with Gasteiger partial charge in [0.2, 0.25) is 5.91 Å². The lowest BCUT2D eigenvalue weighted by molar-refractivity contribution is -0.118. The molecule has 2 aromatic rings. The molecular weight excluding hydrogens is 358 g/mol. The van der Waals surface area contributed by atoms with Crippen molar-refractivity contribution in [2.24, 2.45) is 0 Å². The van der Waals surface area contributed by atoms with Crippen molar-refractivity contribution in [3.63, 3.8) is 0 Å². The first-order valence-electron chi connectivity index (χ1n) is 10.7. The quantitative estimate of drug-likeness (QED) is 0.695. The molecule has 1 aliphatic rings. The summed E-state index contributed by atoms with van der Waals surface area (Å²) in [5.41, 5.74) is 3.27. The Morgan fingerprint density at radius 1 is 0.966 bits per heavy atom. The fourth-order valence-electron chi connectivity index (χ4n) is 3.80. The SMILES string of the molecule is CC/C(=C\c1ccccc1)C(=O)N[C@@H](C)CN1CCN(Cc2ccccc2)CC1. The minimum absolute atomic E-state index is 0.0477. The summed E-state index contributed by atoms with van der Waals surface area (Å²) >= 11 is 0. The van der Waals surface area contributed by atoms with E-state index in [0.717, 1.165) is 56.8 Å². The van der Waals surface area contributed by atoms with Gasteiger partial charge in [0, 0.05) is 50.9 Å². The van der Waals surface area contributed by atoms with Crippen LogP contribution in [0.3, 0.4) is 0 Å². The smallest absolute Gasteiger partial charge is 0.247 e. The average Bonchev–Trinajstić information content (AvgIpc) is 2.75. The van der Waals surface area contributed by atoms with Gasteiger partial charge in [0.05, 0.1) is 0 Å². The van der Waals surface area contributed by atoms with Crippen molar-refractivity contribution >= 4 is 12.0 Å². The molecule has 0 radical (unpaired) electrons. The van der Waals surface area contributed by atoms with Crippen LogP contribution in [0.2, 0.25) is 0 Å². The zero-order valence-electron chi connectivity index (χ0n) is 17.7. The largest absolute Gasteiger partial charge is 0.349 e. The number of carbonyl (C=O) groups excluding carboxylic acids is 1. The molecule has 0 aliphatic carbocycles. The summed E-state index contributed by atoms with van der Waals surface area (Å²) in [7, 11) is 0. The molecule has 1 N–H and O–H groups in total. The lowest BCUT2D eigenvalue weighted by atomic mass is 10.1. The van der Waals surface area contributed by atoms with Crippen LogP contribution in [0, 0.1) is 0 Å². The van der Waals surface area contributed by atoms with E-state index in [0.29, 0.717) is 0 Å². The molecule has 154 valence electrons. The predicted molar refractivity (Wildman–Crippen MR) is 120 cm³/mol. The van der Waals surface area contributed by atoms with E-state index in [1.807, 2.05) is 43.3 Å². The van der Waals surface area contributed by atoms with Gasteiger partial charge in [-0.2, -0.15) is 0 Å². The van der Waals surface area contributed by atoms with Crippen LogP contribution >= 0.6 is 0 Å². The third-order valence-electron chi connectivity index (χ3n) is 5.44. The molecule has 1 aliphatic heterocycles. The summed E-state index contributed by atoms with van der Waals surface area (Å²) in [4.78, 5) is 17.6. The Morgan fingerprint density at radius 3 is 2.17 bits per heavy atom. The van der Waals surface area contributed by atoms with E-state index < -0.39 is 0 Å². The van der Waals surface area contributed by atoms with Crippen LogP contribution in [0.15, 0.2) is 66.2 Å². The lowest BCUT2D eigenvalue weighted by Gasteiger charge is -2.36. The highest BCUT2D eigenvalue weighted by Crippen LogP contribution is 2.11. The first-order valence-corrected chi connectivity index (χ1v) is 10.7. The number of amides is 1. The van der Waals surface area contributed by atoms with Gasteiger partial charge in [-0.05, 0) is 30.5 Å². The zero-order chi connectivity index (χ0) is 20.5.